The maximum atomic E-state index is 12.9. The molecule has 2 aromatic rings. The van der Waals surface area contributed by atoms with Crippen LogP contribution in [0.5, 0.6) is 11.5 Å². The van der Waals surface area contributed by atoms with Crippen LogP contribution in [0.3, 0.4) is 0 Å². The molecule has 0 amide bonds. The van der Waals surface area contributed by atoms with Gasteiger partial charge in [-0.3, -0.25) is 4.79 Å². The average molecular weight is 426 g/mol. The second-order valence-corrected chi connectivity index (χ2v) is 7.24. The van der Waals surface area contributed by atoms with Crippen molar-refractivity contribution >= 4 is 17.8 Å². The summed E-state index contributed by atoms with van der Waals surface area (Å²) in [5, 5.41) is 14.0. The van der Waals surface area contributed by atoms with E-state index in [1.54, 1.807) is 12.1 Å². The molecule has 1 aliphatic rings. The van der Waals surface area contributed by atoms with Gasteiger partial charge >= 0.3 is 12.0 Å². The van der Waals surface area contributed by atoms with Gasteiger partial charge in [0.15, 0.2) is 5.78 Å². The maximum absolute atomic E-state index is 12.9. The maximum Gasteiger partial charge on any atom is 0.332 e. The van der Waals surface area contributed by atoms with Crippen LogP contribution in [0.1, 0.15) is 35.7 Å². The smallest absolute Gasteiger partial charge is 0.332 e. The SMILES string of the molecule is COc1ccc(C(=O)C2CCN(C(=NOC(C)=O)OCc3ccccc3)CC2)c(O)c1. The summed E-state index contributed by atoms with van der Waals surface area (Å²) < 4.78 is 10.9. The number of piperidine rings is 1. The first-order valence-electron chi connectivity index (χ1n) is 10.1. The minimum absolute atomic E-state index is 0.0879. The van der Waals surface area contributed by atoms with Crippen molar-refractivity contribution in [3.05, 3.63) is 59.7 Å². The van der Waals surface area contributed by atoms with Crippen LogP contribution >= 0.6 is 0 Å². The Balaban J connectivity index is 1.63. The monoisotopic (exact) mass is 426 g/mol. The molecule has 0 unspecified atom stereocenters. The summed E-state index contributed by atoms with van der Waals surface area (Å²) in [5.74, 6) is -0.482. The number of aromatic hydroxyl groups is 1. The lowest BCUT2D eigenvalue weighted by Crippen LogP contribution is -2.41. The van der Waals surface area contributed by atoms with E-state index < -0.39 is 5.97 Å². The number of phenolic OH excluding ortho intramolecular Hbond substituents is 1. The molecule has 0 radical (unpaired) electrons. The van der Waals surface area contributed by atoms with Gasteiger partial charge in [0, 0.05) is 32.0 Å². The van der Waals surface area contributed by atoms with Gasteiger partial charge in [0.2, 0.25) is 0 Å². The molecule has 0 atom stereocenters. The third kappa shape index (κ3) is 5.97. The number of phenols is 1. The summed E-state index contributed by atoms with van der Waals surface area (Å²) >= 11 is 0. The largest absolute Gasteiger partial charge is 0.507 e. The van der Waals surface area contributed by atoms with E-state index in [0.29, 0.717) is 31.7 Å². The summed E-state index contributed by atoms with van der Waals surface area (Å²) in [6, 6.07) is 14.5. The van der Waals surface area contributed by atoms with Crippen molar-refractivity contribution in [2.75, 3.05) is 20.2 Å². The molecule has 3 rings (SSSR count). The van der Waals surface area contributed by atoms with Crippen molar-refractivity contribution in [2.24, 2.45) is 11.1 Å². The van der Waals surface area contributed by atoms with Crippen LogP contribution in [0.4, 0.5) is 0 Å². The Morgan fingerprint density at radius 1 is 1.13 bits per heavy atom. The molecule has 1 fully saturated rings. The molecule has 1 saturated heterocycles. The quantitative estimate of drug-likeness (QED) is 0.249. The lowest BCUT2D eigenvalue weighted by molar-refractivity contribution is -0.141. The molecule has 1 aliphatic heterocycles. The number of amidine groups is 1. The predicted molar refractivity (Wildman–Crippen MR) is 114 cm³/mol. The number of oxime groups is 1. The number of nitrogens with zero attached hydrogens (tertiary/aromatic N) is 2. The highest BCUT2D eigenvalue weighted by atomic mass is 16.7. The lowest BCUT2D eigenvalue weighted by Gasteiger charge is -2.32. The fourth-order valence-corrected chi connectivity index (χ4v) is 3.40. The zero-order chi connectivity index (χ0) is 22.2. The van der Waals surface area contributed by atoms with Gasteiger partial charge in [-0.05, 0) is 35.7 Å². The van der Waals surface area contributed by atoms with E-state index in [-0.39, 0.29) is 35.6 Å². The average Bonchev–Trinajstić information content (AvgIpc) is 2.79. The fraction of sp³-hybridized carbons (Fsp3) is 0.348. The molecule has 0 bridgehead atoms. The highest BCUT2D eigenvalue weighted by Crippen LogP contribution is 2.29. The highest BCUT2D eigenvalue weighted by Gasteiger charge is 2.29. The van der Waals surface area contributed by atoms with Crippen LogP contribution in [0, 0.1) is 5.92 Å². The van der Waals surface area contributed by atoms with E-state index in [4.69, 9.17) is 14.3 Å². The fourth-order valence-electron chi connectivity index (χ4n) is 3.40. The molecule has 8 nitrogen and oxygen atoms in total. The van der Waals surface area contributed by atoms with Crippen LogP contribution in [0.2, 0.25) is 0 Å². The Morgan fingerprint density at radius 3 is 2.45 bits per heavy atom. The van der Waals surface area contributed by atoms with Crippen molar-refractivity contribution in [1.29, 1.82) is 0 Å². The lowest BCUT2D eigenvalue weighted by atomic mass is 9.88. The van der Waals surface area contributed by atoms with Gasteiger partial charge in [0.05, 0.1) is 12.7 Å². The molecule has 1 heterocycles. The number of hydrogen-bond acceptors (Lipinski definition) is 7. The van der Waals surface area contributed by atoms with E-state index in [1.165, 1.54) is 20.1 Å². The number of ketones is 1. The Labute approximate surface area is 181 Å². The first-order chi connectivity index (χ1) is 15.0. The van der Waals surface area contributed by atoms with Gasteiger partial charge in [0.1, 0.15) is 18.1 Å². The van der Waals surface area contributed by atoms with Crippen LogP contribution < -0.4 is 4.74 Å². The molecule has 1 N–H and O–H groups in total. The molecule has 0 saturated carbocycles. The second kappa shape index (κ2) is 10.5. The van der Waals surface area contributed by atoms with Gasteiger partial charge in [-0.2, -0.15) is 0 Å². The summed E-state index contributed by atoms with van der Waals surface area (Å²) in [6.45, 7) is 2.55. The standard InChI is InChI=1S/C23H26N2O6/c1-16(26)31-24-23(30-15-17-6-4-3-5-7-17)25-12-10-18(11-13-25)22(28)20-9-8-19(29-2)14-21(20)27/h3-9,14,18,27H,10-13,15H2,1-2H3. The zero-order valence-electron chi connectivity index (χ0n) is 17.6. The molecular formula is C23H26N2O6. The second-order valence-electron chi connectivity index (χ2n) is 7.24. The molecule has 164 valence electrons. The summed E-state index contributed by atoms with van der Waals surface area (Å²) in [4.78, 5) is 30.7. The van der Waals surface area contributed by atoms with Crippen LogP contribution in [-0.4, -0.2) is 48.0 Å². The van der Waals surface area contributed by atoms with E-state index in [1.807, 2.05) is 35.2 Å². The summed E-state index contributed by atoms with van der Waals surface area (Å²) in [6.07, 6.45) is 1.11. The van der Waals surface area contributed by atoms with E-state index in [2.05, 4.69) is 5.16 Å². The number of hydrogen-bond donors (Lipinski definition) is 1. The Kier molecular flexibility index (Phi) is 7.48. The summed E-state index contributed by atoms with van der Waals surface area (Å²) in [7, 11) is 1.50. The van der Waals surface area contributed by atoms with E-state index in [9.17, 15) is 14.7 Å². The third-order valence-electron chi connectivity index (χ3n) is 5.07. The number of ether oxygens (including phenoxy) is 2. The van der Waals surface area contributed by atoms with Gasteiger partial charge < -0.3 is 24.3 Å². The van der Waals surface area contributed by atoms with Gasteiger partial charge in [-0.1, -0.05) is 30.3 Å². The van der Waals surface area contributed by atoms with Crippen LogP contribution in [-0.2, 0) is 21.0 Å². The molecule has 8 heteroatoms. The van der Waals surface area contributed by atoms with Gasteiger partial charge in [-0.15, -0.1) is 0 Å². The van der Waals surface area contributed by atoms with Gasteiger partial charge in [0.25, 0.3) is 0 Å². The van der Waals surface area contributed by atoms with Crippen molar-refractivity contribution in [3.8, 4) is 11.5 Å². The molecule has 0 spiro atoms. The summed E-state index contributed by atoms with van der Waals surface area (Å²) in [5.41, 5.74) is 1.24. The topological polar surface area (TPSA) is 97.7 Å². The van der Waals surface area contributed by atoms with Crippen molar-refractivity contribution in [2.45, 2.75) is 26.4 Å². The molecular weight excluding hydrogens is 400 g/mol. The van der Waals surface area contributed by atoms with Crippen molar-refractivity contribution in [3.63, 3.8) is 0 Å². The molecule has 0 aromatic heterocycles. The van der Waals surface area contributed by atoms with Gasteiger partial charge in [-0.25, -0.2) is 4.79 Å². The molecule has 31 heavy (non-hydrogen) atoms. The highest BCUT2D eigenvalue weighted by molar-refractivity contribution is 6.00. The van der Waals surface area contributed by atoms with Crippen LogP contribution in [0.15, 0.2) is 53.7 Å². The van der Waals surface area contributed by atoms with E-state index >= 15 is 0 Å². The van der Waals surface area contributed by atoms with E-state index in [0.717, 1.165) is 5.56 Å². The Bertz CT molecular complexity index is 936. The Morgan fingerprint density at radius 2 is 1.84 bits per heavy atom. The van der Waals surface area contributed by atoms with Crippen LogP contribution in [0.25, 0.3) is 0 Å². The first-order valence-corrected chi connectivity index (χ1v) is 10.1. The molecule has 0 aliphatic carbocycles. The predicted octanol–water partition coefficient (Wildman–Crippen LogP) is 3.35. The number of rotatable bonds is 6. The number of benzene rings is 2. The Hall–Kier alpha value is -3.55. The number of carbonyl (C=O) groups is 2. The molecule has 2 aromatic carbocycles. The number of Topliss-reactive ketones (excluding diaryl/α,β-unsaturated/α-hetero) is 1. The first kappa shape index (κ1) is 22.1. The number of likely N-dealkylation sites (tertiary alicyclic amines) is 1. The normalized spacial score (nSPS) is 14.8. The third-order valence-corrected chi connectivity index (χ3v) is 5.07. The minimum Gasteiger partial charge on any atom is -0.507 e. The van der Waals surface area contributed by atoms with Crippen molar-refractivity contribution in [1.82, 2.24) is 4.90 Å². The minimum atomic E-state index is -0.541. The number of methoxy groups -OCH3 is 1. The zero-order valence-corrected chi connectivity index (χ0v) is 17.6. The van der Waals surface area contributed by atoms with Crippen molar-refractivity contribution < 1.29 is 29.0 Å². The number of carbonyl (C=O) groups excluding carboxylic acids is 2.